The van der Waals surface area contributed by atoms with Crippen LogP contribution in [-0.2, 0) is 0 Å². The molecular formula is C25H28F3N5OS. The number of amides is 1. The van der Waals surface area contributed by atoms with Gasteiger partial charge in [-0.3, -0.25) is 4.79 Å². The van der Waals surface area contributed by atoms with Gasteiger partial charge in [-0.2, -0.15) is 18.2 Å². The number of aromatic nitrogens is 2. The summed E-state index contributed by atoms with van der Waals surface area (Å²) in [5, 5.41) is 7.42. The Labute approximate surface area is 206 Å². The second-order valence-corrected chi connectivity index (χ2v) is 10.1. The Balaban J connectivity index is 1.27. The van der Waals surface area contributed by atoms with Crippen LogP contribution in [0.25, 0.3) is 10.9 Å². The molecule has 1 aromatic heterocycles. The van der Waals surface area contributed by atoms with Crippen molar-refractivity contribution in [3.8, 4) is 0 Å². The van der Waals surface area contributed by atoms with E-state index in [2.05, 4.69) is 15.6 Å². The Hall–Kier alpha value is -3.01. The van der Waals surface area contributed by atoms with Gasteiger partial charge in [0.15, 0.2) is 0 Å². The number of hydrogen-bond donors (Lipinski definition) is 2. The van der Waals surface area contributed by atoms with Gasteiger partial charge in [-0.05, 0) is 79.8 Å². The first-order chi connectivity index (χ1) is 16.7. The van der Waals surface area contributed by atoms with Gasteiger partial charge in [-0.25, -0.2) is 4.98 Å². The molecular weight excluding hydrogens is 475 g/mol. The van der Waals surface area contributed by atoms with Crippen LogP contribution >= 0.6 is 11.8 Å². The van der Waals surface area contributed by atoms with E-state index in [1.165, 1.54) is 24.3 Å². The van der Waals surface area contributed by atoms with Gasteiger partial charge in [0.25, 0.3) is 5.91 Å². The molecule has 4 rings (SSSR count). The summed E-state index contributed by atoms with van der Waals surface area (Å²) in [7, 11) is 3.93. The number of halogens is 3. The maximum atomic E-state index is 12.5. The third-order valence-corrected chi connectivity index (χ3v) is 6.83. The van der Waals surface area contributed by atoms with Crippen LogP contribution in [0.2, 0.25) is 0 Å². The fraction of sp³-hybridized carbons (Fsp3) is 0.400. The summed E-state index contributed by atoms with van der Waals surface area (Å²) < 4.78 is 37.4. The first-order valence-corrected chi connectivity index (χ1v) is 12.3. The average molecular weight is 504 g/mol. The van der Waals surface area contributed by atoms with E-state index in [-0.39, 0.29) is 28.6 Å². The van der Waals surface area contributed by atoms with Gasteiger partial charge in [0.2, 0.25) is 5.95 Å². The molecule has 0 atom stereocenters. The number of fused-ring (bicyclic) bond motifs is 1. The number of benzene rings is 2. The van der Waals surface area contributed by atoms with Crippen LogP contribution in [0.5, 0.6) is 0 Å². The van der Waals surface area contributed by atoms with Crippen LogP contribution in [0.4, 0.5) is 24.9 Å². The van der Waals surface area contributed by atoms with Crippen molar-refractivity contribution in [3.63, 3.8) is 0 Å². The Morgan fingerprint density at radius 1 is 1.03 bits per heavy atom. The van der Waals surface area contributed by atoms with Crippen LogP contribution in [0.3, 0.4) is 0 Å². The van der Waals surface area contributed by atoms with Crippen molar-refractivity contribution in [1.82, 2.24) is 15.3 Å². The molecule has 6 nitrogen and oxygen atoms in total. The molecule has 1 heterocycles. The quantitative estimate of drug-likeness (QED) is 0.403. The molecule has 0 bridgehead atoms. The maximum absolute atomic E-state index is 12.5. The number of anilines is 2. The van der Waals surface area contributed by atoms with E-state index >= 15 is 0 Å². The summed E-state index contributed by atoms with van der Waals surface area (Å²) in [6.07, 6.45) is 3.79. The Morgan fingerprint density at radius 2 is 1.71 bits per heavy atom. The molecule has 2 N–H and O–H groups in total. The minimum absolute atomic E-state index is 0.0629. The highest BCUT2D eigenvalue weighted by molar-refractivity contribution is 8.00. The van der Waals surface area contributed by atoms with E-state index in [4.69, 9.17) is 4.98 Å². The van der Waals surface area contributed by atoms with Crippen LogP contribution in [0, 0.1) is 5.92 Å². The van der Waals surface area contributed by atoms with Crippen molar-refractivity contribution in [2.45, 2.75) is 42.1 Å². The molecule has 1 amide bonds. The predicted molar refractivity (Wildman–Crippen MR) is 134 cm³/mol. The Kier molecular flexibility index (Phi) is 7.69. The van der Waals surface area contributed by atoms with E-state index in [1.54, 1.807) is 0 Å². The number of carbonyl (C=O) groups excluding carboxylic acids is 1. The van der Waals surface area contributed by atoms with E-state index in [0.29, 0.717) is 24.0 Å². The van der Waals surface area contributed by atoms with Gasteiger partial charge in [0.1, 0.15) is 5.82 Å². The molecule has 10 heteroatoms. The monoisotopic (exact) mass is 503 g/mol. The SMILES string of the molecule is CN(C)c1nc(N[C@H]2CC[C@@H](CNC(=O)c3ccc(SC(F)(F)F)cc3)CC2)nc2ccccc12. The third kappa shape index (κ3) is 6.78. The summed E-state index contributed by atoms with van der Waals surface area (Å²) in [6.45, 7) is 0.544. The van der Waals surface area contributed by atoms with E-state index in [0.717, 1.165) is 42.4 Å². The van der Waals surface area contributed by atoms with Crippen molar-refractivity contribution in [3.05, 3.63) is 54.1 Å². The second kappa shape index (κ2) is 10.7. The van der Waals surface area contributed by atoms with Crippen molar-refractivity contribution < 1.29 is 18.0 Å². The lowest BCUT2D eigenvalue weighted by Gasteiger charge is -2.29. The molecule has 1 aliphatic rings. The van der Waals surface area contributed by atoms with E-state index in [9.17, 15) is 18.0 Å². The highest BCUT2D eigenvalue weighted by Crippen LogP contribution is 2.36. The number of thioether (sulfide) groups is 1. The number of nitrogens with zero attached hydrogens (tertiary/aromatic N) is 3. The third-order valence-electron chi connectivity index (χ3n) is 6.09. The van der Waals surface area contributed by atoms with Gasteiger partial charge < -0.3 is 15.5 Å². The number of alkyl halides is 3. The smallest absolute Gasteiger partial charge is 0.362 e. The summed E-state index contributed by atoms with van der Waals surface area (Å²) in [4.78, 5) is 23.9. The van der Waals surface area contributed by atoms with Gasteiger partial charge in [0.05, 0.1) is 5.52 Å². The second-order valence-electron chi connectivity index (χ2n) is 8.93. The number of rotatable bonds is 7. The molecule has 1 aliphatic carbocycles. The average Bonchev–Trinajstić information content (AvgIpc) is 2.82. The molecule has 0 aliphatic heterocycles. The van der Waals surface area contributed by atoms with Gasteiger partial charge >= 0.3 is 5.51 Å². The molecule has 0 spiro atoms. The molecule has 2 aromatic carbocycles. The van der Waals surface area contributed by atoms with Crippen LogP contribution in [0.15, 0.2) is 53.4 Å². The molecule has 1 fully saturated rings. The van der Waals surface area contributed by atoms with Gasteiger partial charge in [-0.1, -0.05) is 12.1 Å². The number of nitrogens with one attached hydrogen (secondary N) is 2. The fourth-order valence-corrected chi connectivity index (χ4v) is 4.85. The maximum Gasteiger partial charge on any atom is 0.446 e. The molecule has 186 valence electrons. The lowest BCUT2D eigenvalue weighted by atomic mass is 9.86. The largest absolute Gasteiger partial charge is 0.446 e. The summed E-state index contributed by atoms with van der Waals surface area (Å²) in [5.41, 5.74) is -3.08. The molecule has 35 heavy (non-hydrogen) atoms. The zero-order chi connectivity index (χ0) is 25.0. The van der Waals surface area contributed by atoms with Crippen LogP contribution < -0.4 is 15.5 Å². The van der Waals surface area contributed by atoms with Crippen LogP contribution in [-0.4, -0.2) is 48.1 Å². The van der Waals surface area contributed by atoms with Gasteiger partial charge in [-0.15, -0.1) is 0 Å². The predicted octanol–water partition coefficient (Wildman–Crippen LogP) is 5.71. The van der Waals surface area contributed by atoms with Crippen molar-refractivity contribution >= 4 is 40.3 Å². The van der Waals surface area contributed by atoms with E-state index in [1.807, 2.05) is 43.3 Å². The van der Waals surface area contributed by atoms with Crippen molar-refractivity contribution in [2.75, 3.05) is 30.9 Å². The molecule has 1 saturated carbocycles. The molecule has 0 saturated heterocycles. The fourth-order valence-electron chi connectivity index (χ4n) is 4.31. The minimum Gasteiger partial charge on any atom is -0.362 e. The topological polar surface area (TPSA) is 70.2 Å². The first-order valence-electron chi connectivity index (χ1n) is 11.5. The lowest BCUT2D eigenvalue weighted by Crippen LogP contribution is -2.34. The summed E-state index contributed by atoms with van der Waals surface area (Å²) >= 11 is -0.189. The highest BCUT2D eigenvalue weighted by atomic mass is 32.2. The molecule has 0 unspecified atom stereocenters. The Bertz CT molecular complexity index is 1160. The number of para-hydroxylation sites is 1. The molecule has 0 radical (unpaired) electrons. The normalized spacial score (nSPS) is 18.3. The van der Waals surface area contributed by atoms with E-state index < -0.39 is 5.51 Å². The zero-order valence-corrected chi connectivity index (χ0v) is 20.4. The first kappa shape index (κ1) is 25.1. The van der Waals surface area contributed by atoms with Crippen LogP contribution in [0.1, 0.15) is 36.0 Å². The lowest BCUT2D eigenvalue weighted by molar-refractivity contribution is -0.0328. The summed E-state index contributed by atoms with van der Waals surface area (Å²) in [5.74, 6) is 1.58. The van der Waals surface area contributed by atoms with Crippen molar-refractivity contribution in [1.29, 1.82) is 0 Å². The zero-order valence-electron chi connectivity index (χ0n) is 19.6. The number of carbonyl (C=O) groups is 1. The van der Waals surface area contributed by atoms with Gasteiger partial charge in [0, 0.05) is 42.5 Å². The van der Waals surface area contributed by atoms with Crippen molar-refractivity contribution in [2.24, 2.45) is 5.92 Å². The summed E-state index contributed by atoms with van der Waals surface area (Å²) in [6, 6.07) is 13.7. The Morgan fingerprint density at radius 3 is 2.37 bits per heavy atom. The number of hydrogen-bond acceptors (Lipinski definition) is 6. The standard InChI is InChI=1S/C25H28F3N5OS/c1-33(2)22-20-5-3-4-6-21(20)31-24(32-22)30-18-11-7-16(8-12-18)15-29-23(34)17-9-13-19(14-10-17)35-25(26,27)28/h3-6,9-10,13-14,16,18H,7-8,11-12,15H2,1-2H3,(H,29,34)(H,30,31,32)/t16-,18+. The minimum atomic E-state index is -4.34. The highest BCUT2D eigenvalue weighted by Gasteiger charge is 2.29. The molecule has 3 aromatic rings.